The molecule has 0 aliphatic heterocycles. The predicted molar refractivity (Wildman–Crippen MR) is 35.8 cm³/mol. The average molecular weight is 163 g/mol. The van der Waals surface area contributed by atoms with Gasteiger partial charge in [-0.05, 0) is 18.3 Å². The standard InChI is InChI=1S/C6H11Br/c1-6(5-7)3-2-4-6/h2-5H2,1H3. The van der Waals surface area contributed by atoms with Gasteiger partial charge in [0.1, 0.15) is 0 Å². The summed E-state index contributed by atoms with van der Waals surface area (Å²) in [5.74, 6) is 0. The van der Waals surface area contributed by atoms with Gasteiger partial charge in [-0.1, -0.05) is 29.3 Å². The van der Waals surface area contributed by atoms with Gasteiger partial charge in [0.2, 0.25) is 0 Å². The molecule has 1 aliphatic rings. The van der Waals surface area contributed by atoms with Crippen LogP contribution < -0.4 is 0 Å². The van der Waals surface area contributed by atoms with Crippen LogP contribution in [-0.2, 0) is 0 Å². The molecule has 0 spiro atoms. The molecule has 0 radical (unpaired) electrons. The molecule has 1 saturated carbocycles. The first kappa shape index (κ1) is 5.61. The maximum atomic E-state index is 3.48. The van der Waals surface area contributed by atoms with Crippen molar-refractivity contribution in [1.82, 2.24) is 0 Å². The van der Waals surface area contributed by atoms with Crippen LogP contribution in [0.1, 0.15) is 26.2 Å². The molecule has 0 nitrogen and oxygen atoms in total. The molecule has 0 atom stereocenters. The van der Waals surface area contributed by atoms with E-state index in [4.69, 9.17) is 0 Å². The Kier molecular flexibility index (Phi) is 1.42. The van der Waals surface area contributed by atoms with Crippen molar-refractivity contribution < 1.29 is 0 Å². The largest absolute Gasteiger partial charge is 0.0922 e. The molecule has 0 saturated heterocycles. The second kappa shape index (κ2) is 1.77. The quantitative estimate of drug-likeness (QED) is 0.521. The normalized spacial score (nSPS) is 26.6. The fourth-order valence-electron chi connectivity index (χ4n) is 0.914. The highest BCUT2D eigenvalue weighted by Gasteiger charge is 2.29. The molecule has 1 heteroatoms. The van der Waals surface area contributed by atoms with Gasteiger partial charge in [-0.25, -0.2) is 0 Å². The van der Waals surface area contributed by atoms with Crippen LogP contribution in [0.3, 0.4) is 0 Å². The van der Waals surface area contributed by atoms with Gasteiger partial charge in [-0.3, -0.25) is 0 Å². The molecule has 0 aromatic carbocycles. The van der Waals surface area contributed by atoms with Gasteiger partial charge in [0.15, 0.2) is 0 Å². The van der Waals surface area contributed by atoms with Crippen molar-refractivity contribution >= 4 is 15.9 Å². The first-order valence-corrected chi connectivity index (χ1v) is 3.95. The van der Waals surface area contributed by atoms with Gasteiger partial charge in [-0.15, -0.1) is 0 Å². The average Bonchev–Trinajstić information content (AvgIpc) is 1.61. The summed E-state index contributed by atoms with van der Waals surface area (Å²) < 4.78 is 0. The zero-order valence-electron chi connectivity index (χ0n) is 4.71. The van der Waals surface area contributed by atoms with Crippen molar-refractivity contribution in [3.8, 4) is 0 Å². The lowest BCUT2D eigenvalue weighted by Gasteiger charge is -2.36. The Bertz CT molecular complexity index is 59.1. The molecule has 0 amide bonds. The Hall–Kier alpha value is 0.480. The predicted octanol–water partition coefficient (Wildman–Crippen LogP) is 2.57. The molecule has 0 unspecified atom stereocenters. The smallest absolute Gasteiger partial charge is 0.00853 e. The number of alkyl halides is 1. The van der Waals surface area contributed by atoms with E-state index >= 15 is 0 Å². The van der Waals surface area contributed by atoms with Crippen molar-refractivity contribution in [2.24, 2.45) is 5.41 Å². The fraction of sp³-hybridized carbons (Fsp3) is 1.00. The molecule has 7 heavy (non-hydrogen) atoms. The molecule has 0 aromatic heterocycles. The molecule has 42 valence electrons. The van der Waals surface area contributed by atoms with Crippen LogP contribution in [0.2, 0.25) is 0 Å². The van der Waals surface area contributed by atoms with E-state index in [1.807, 2.05) is 0 Å². The highest BCUT2D eigenvalue weighted by atomic mass is 79.9. The second-order valence-electron chi connectivity index (χ2n) is 2.80. The summed E-state index contributed by atoms with van der Waals surface area (Å²) in [6.45, 7) is 2.34. The highest BCUT2D eigenvalue weighted by molar-refractivity contribution is 9.09. The van der Waals surface area contributed by atoms with Crippen molar-refractivity contribution in [3.63, 3.8) is 0 Å². The van der Waals surface area contributed by atoms with Crippen molar-refractivity contribution in [3.05, 3.63) is 0 Å². The summed E-state index contributed by atoms with van der Waals surface area (Å²) in [6.07, 6.45) is 4.30. The lowest BCUT2D eigenvalue weighted by molar-refractivity contribution is 0.199. The van der Waals surface area contributed by atoms with E-state index in [-0.39, 0.29) is 0 Å². The lowest BCUT2D eigenvalue weighted by Crippen LogP contribution is -2.26. The molecule has 1 fully saturated rings. The lowest BCUT2D eigenvalue weighted by atomic mass is 9.72. The second-order valence-corrected chi connectivity index (χ2v) is 3.36. The van der Waals surface area contributed by atoms with Gasteiger partial charge >= 0.3 is 0 Å². The molecule has 1 aliphatic carbocycles. The third kappa shape index (κ3) is 0.987. The van der Waals surface area contributed by atoms with Crippen molar-refractivity contribution in [2.75, 3.05) is 5.33 Å². The van der Waals surface area contributed by atoms with E-state index in [1.54, 1.807) is 0 Å². The topological polar surface area (TPSA) is 0 Å². The van der Waals surface area contributed by atoms with Gasteiger partial charge in [0.25, 0.3) is 0 Å². The molecular formula is C6H11Br. The minimum Gasteiger partial charge on any atom is -0.0922 e. The van der Waals surface area contributed by atoms with Gasteiger partial charge < -0.3 is 0 Å². The first-order chi connectivity index (χ1) is 3.27. The van der Waals surface area contributed by atoms with Gasteiger partial charge in [0, 0.05) is 5.33 Å². The van der Waals surface area contributed by atoms with E-state index in [2.05, 4.69) is 22.9 Å². The summed E-state index contributed by atoms with van der Waals surface area (Å²) >= 11 is 3.48. The summed E-state index contributed by atoms with van der Waals surface area (Å²) in [5, 5.41) is 1.19. The number of hydrogen-bond donors (Lipinski definition) is 0. The third-order valence-corrected chi connectivity index (χ3v) is 3.24. The van der Waals surface area contributed by atoms with Crippen LogP contribution >= 0.6 is 15.9 Å². The van der Waals surface area contributed by atoms with Crippen LogP contribution in [0, 0.1) is 5.41 Å². The summed E-state index contributed by atoms with van der Waals surface area (Å²) in [4.78, 5) is 0. The summed E-state index contributed by atoms with van der Waals surface area (Å²) in [6, 6.07) is 0. The van der Waals surface area contributed by atoms with Crippen LogP contribution in [0.5, 0.6) is 0 Å². The van der Waals surface area contributed by atoms with Crippen molar-refractivity contribution in [1.29, 1.82) is 0 Å². The third-order valence-electron chi connectivity index (χ3n) is 1.88. The van der Waals surface area contributed by atoms with Crippen LogP contribution in [0.25, 0.3) is 0 Å². The molecule has 1 rings (SSSR count). The number of halogens is 1. The van der Waals surface area contributed by atoms with E-state index in [9.17, 15) is 0 Å². The number of rotatable bonds is 1. The Labute approximate surface area is 53.4 Å². The fourth-order valence-corrected chi connectivity index (χ4v) is 1.47. The minimum atomic E-state index is 0.681. The maximum Gasteiger partial charge on any atom is 0.00853 e. The Balaban J connectivity index is 2.29. The van der Waals surface area contributed by atoms with E-state index in [1.165, 1.54) is 24.6 Å². The number of hydrogen-bond acceptors (Lipinski definition) is 0. The summed E-state index contributed by atoms with van der Waals surface area (Å²) in [5.41, 5.74) is 0.681. The minimum absolute atomic E-state index is 0.681. The molecule has 0 heterocycles. The monoisotopic (exact) mass is 162 g/mol. The Morgan fingerprint density at radius 1 is 1.57 bits per heavy atom. The molecular weight excluding hydrogens is 152 g/mol. The van der Waals surface area contributed by atoms with Crippen LogP contribution in [-0.4, -0.2) is 5.33 Å². The van der Waals surface area contributed by atoms with E-state index in [0.717, 1.165) is 0 Å². The van der Waals surface area contributed by atoms with E-state index < -0.39 is 0 Å². The Morgan fingerprint density at radius 3 is 2.14 bits per heavy atom. The van der Waals surface area contributed by atoms with Gasteiger partial charge in [-0.2, -0.15) is 0 Å². The Morgan fingerprint density at radius 2 is 2.14 bits per heavy atom. The zero-order chi connectivity index (χ0) is 5.33. The van der Waals surface area contributed by atoms with Crippen LogP contribution in [0.15, 0.2) is 0 Å². The van der Waals surface area contributed by atoms with E-state index in [0.29, 0.717) is 5.41 Å². The summed E-state index contributed by atoms with van der Waals surface area (Å²) in [7, 11) is 0. The molecule has 0 bridgehead atoms. The highest BCUT2D eigenvalue weighted by Crippen LogP contribution is 2.41. The zero-order valence-corrected chi connectivity index (χ0v) is 6.29. The first-order valence-electron chi connectivity index (χ1n) is 2.83. The van der Waals surface area contributed by atoms with Crippen LogP contribution in [0.4, 0.5) is 0 Å². The van der Waals surface area contributed by atoms with Crippen molar-refractivity contribution in [2.45, 2.75) is 26.2 Å². The van der Waals surface area contributed by atoms with Gasteiger partial charge in [0.05, 0.1) is 0 Å². The molecule has 0 aromatic rings. The molecule has 0 N–H and O–H groups in total. The maximum absolute atomic E-state index is 3.48. The SMILES string of the molecule is CC1(CBr)CCC1.